The van der Waals surface area contributed by atoms with Crippen molar-refractivity contribution in [1.82, 2.24) is 0 Å². The zero-order valence-corrected chi connectivity index (χ0v) is 29.6. The highest BCUT2D eigenvalue weighted by Crippen LogP contribution is 2.58. The topological polar surface area (TPSA) is 0 Å². The summed E-state index contributed by atoms with van der Waals surface area (Å²) in [5.41, 5.74) is 19.7. The van der Waals surface area contributed by atoms with Crippen LogP contribution in [0.25, 0.3) is 110 Å². The summed E-state index contributed by atoms with van der Waals surface area (Å²) >= 11 is 0. The first-order valence-corrected chi connectivity index (χ1v) is 18.4. The first-order chi connectivity index (χ1) is 25.5. The molecule has 0 nitrogen and oxygen atoms in total. The second-order valence-corrected chi connectivity index (χ2v) is 15.6. The summed E-state index contributed by atoms with van der Waals surface area (Å²) in [4.78, 5) is 0. The summed E-state index contributed by atoms with van der Waals surface area (Å²) < 4.78 is 0. The second kappa shape index (κ2) is 10.6. The van der Waals surface area contributed by atoms with Crippen LogP contribution in [0.4, 0.5) is 0 Å². The van der Waals surface area contributed by atoms with E-state index in [4.69, 9.17) is 0 Å². The zero-order valence-electron chi connectivity index (χ0n) is 29.6. The minimum atomic E-state index is 0.0144. The summed E-state index contributed by atoms with van der Waals surface area (Å²) in [6.07, 6.45) is 0. The third kappa shape index (κ3) is 4.04. The molecule has 0 aromatic heterocycles. The van der Waals surface area contributed by atoms with Gasteiger partial charge >= 0.3 is 0 Å². The number of fused-ring (bicyclic) bond motifs is 7. The molecule has 0 heteroatoms. The fourth-order valence-electron chi connectivity index (χ4n) is 9.32. The lowest BCUT2D eigenvalue weighted by Gasteiger charge is -2.23. The molecule has 0 N–H and O–H groups in total. The van der Waals surface area contributed by atoms with Gasteiger partial charge in [-0.1, -0.05) is 166 Å². The van der Waals surface area contributed by atoms with Crippen LogP contribution in [-0.2, 0) is 5.41 Å². The van der Waals surface area contributed by atoms with Gasteiger partial charge in [-0.2, -0.15) is 0 Å². The monoisotopic (exact) mass is 660 g/mol. The lowest BCUT2D eigenvalue weighted by Crippen LogP contribution is -2.11. The minimum Gasteiger partial charge on any atom is -0.0622 e. The number of hydrogen-bond acceptors (Lipinski definition) is 0. The van der Waals surface area contributed by atoms with E-state index < -0.39 is 0 Å². The van der Waals surface area contributed by atoms with Crippen LogP contribution < -0.4 is 0 Å². The molecule has 0 saturated carbocycles. The summed E-state index contributed by atoms with van der Waals surface area (Å²) in [6, 6.07) is 61.6. The molecule has 9 aromatic rings. The lowest BCUT2D eigenvalue weighted by atomic mass is 9.81. The van der Waals surface area contributed by atoms with Gasteiger partial charge in [-0.3, -0.25) is 0 Å². The summed E-state index contributed by atoms with van der Waals surface area (Å²) in [5.74, 6) is 0. The molecule has 0 amide bonds. The van der Waals surface area contributed by atoms with E-state index in [0.29, 0.717) is 0 Å². The van der Waals surface area contributed by atoms with Gasteiger partial charge in [0.05, 0.1) is 0 Å². The highest BCUT2D eigenvalue weighted by molar-refractivity contribution is 6.28. The van der Waals surface area contributed by atoms with Crippen LogP contribution >= 0.6 is 0 Å². The minimum absolute atomic E-state index is 0.0144. The van der Waals surface area contributed by atoms with Crippen LogP contribution in [0.3, 0.4) is 0 Å². The largest absolute Gasteiger partial charge is 0.0622 e. The molecule has 2 aliphatic rings. The number of benzene rings is 9. The van der Waals surface area contributed by atoms with Crippen molar-refractivity contribution in [2.45, 2.75) is 26.2 Å². The smallest absolute Gasteiger partial charge is 0.000741 e. The summed E-state index contributed by atoms with van der Waals surface area (Å²) in [6.45, 7) is 6.99. The fraction of sp³-hybridized carbons (Fsp3) is 0.0769. The standard InChI is InChI=1S/C52H36/c1-52(2,3)35-29-44-36(26-27-39-37-20-10-11-21-38(37)45(30-35)49(39)44)34-24-25-40-43(28-34)48(33-16-8-5-9-17-33)51-42-23-13-19-31-18-12-22-41(46(31)42)50(51)47(40)32-14-6-4-7-15-32/h4-30H,1-3H3. The van der Waals surface area contributed by atoms with Crippen LogP contribution in [0, 0.1) is 0 Å². The van der Waals surface area contributed by atoms with E-state index in [9.17, 15) is 0 Å². The Morgan fingerprint density at radius 2 is 0.865 bits per heavy atom. The molecule has 0 fully saturated rings. The first kappa shape index (κ1) is 29.5. The van der Waals surface area contributed by atoms with Gasteiger partial charge in [-0.05, 0) is 139 Å². The Labute approximate surface area is 304 Å². The van der Waals surface area contributed by atoms with Crippen molar-refractivity contribution < 1.29 is 0 Å². The van der Waals surface area contributed by atoms with Crippen molar-refractivity contribution in [2.75, 3.05) is 0 Å². The van der Waals surface area contributed by atoms with E-state index in [2.05, 4.69) is 185 Å². The Balaban J connectivity index is 1.29. The normalized spacial score (nSPS) is 12.5. The van der Waals surface area contributed by atoms with Crippen molar-refractivity contribution in [2.24, 2.45) is 0 Å². The number of rotatable bonds is 3. The first-order valence-electron chi connectivity index (χ1n) is 18.4. The average molecular weight is 661 g/mol. The van der Waals surface area contributed by atoms with Gasteiger partial charge < -0.3 is 0 Å². The quantitative estimate of drug-likeness (QED) is 0.177. The van der Waals surface area contributed by atoms with Crippen molar-refractivity contribution >= 4 is 32.3 Å². The fourth-order valence-corrected chi connectivity index (χ4v) is 9.32. The molecule has 0 spiro atoms. The Bertz CT molecular complexity index is 2950. The van der Waals surface area contributed by atoms with Gasteiger partial charge in [0.15, 0.2) is 0 Å². The van der Waals surface area contributed by atoms with Crippen LogP contribution in [0.1, 0.15) is 26.3 Å². The molecule has 11 rings (SSSR count). The van der Waals surface area contributed by atoms with Gasteiger partial charge in [-0.15, -0.1) is 0 Å². The van der Waals surface area contributed by atoms with Crippen LogP contribution in [0.5, 0.6) is 0 Å². The molecule has 0 unspecified atom stereocenters. The third-order valence-electron chi connectivity index (χ3n) is 11.7. The molecule has 0 atom stereocenters. The Kier molecular flexibility index (Phi) is 6.03. The van der Waals surface area contributed by atoms with Crippen LogP contribution in [-0.4, -0.2) is 0 Å². The Morgan fingerprint density at radius 1 is 0.308 bits per heavy atom. The van der Waals surface area contributed by atoms with E-state index in [0.717, 1.165) is 0 Å². The maximum Gasteiger partial charge on any atom is -0.000741 e. The third-order valence-corrected chi connectivity index (χ3v) is 11.7. The molecule has 0 bridgehead atoms. The molecule has 2 aliphatic carbocycles. The van der Waals surface area contributed by atoms with E-state index in [1.165, 1.54) is 116 Å². The van der Waals surface area contributed by atoms with Gasteiger partial charge in [-0.25, -0.2) is 0 Å². The lowest BCUT2D eigenvalue weighted by molar-refractivity contribution is 0.591. The summed E-state index contributed by atoms with van der Waals surface area (Å²) in [5, 5.41) is 7.92. The number of hydrogen-bond donors (Lipinski definition) is 0. The average Bonchev–Trinajstić information content (AvgIpc) is 3.69. The molecule has 0 saturated heterocycles. The predicted octanol–water partition coefficient (Wildman–Crippen LogP) is 14.7. The molecular formula is C52H36. The Morgan fingerprint density at radius 3 is 1.50 bits per heavy atom. The maximum atomic E-state index is 2.50. The van der Waals surface area contributed by atoms with Gasteiger partial charge in [0.2, 0.25) is 0 Å². The predicted molar refractivity (Wildman–Crippen MR) is 223 cm³/mol. The van der Waals surface area contributed by atoms with Crippen molar-refractivity contribution in [3.8, 4) is 77.9 Å². The second-order valence-electron chi connectivity index (χ2n) is 15.6. The maximum absolute atomic E-state index is 2.50. The van der Waals surface area contributed by atoms with Crippen LogP contribution in [0.2, 0.25) is 0 Å². The van der Waals surface area contributed by atoms with E-state index >= 15 is 0 Å². The van der Waals surface area contributed by atoms with Gasteiger partial charge in [0.25, 0.3) is 0 Å². The molecule has 0 heterocycles. The molecular weight excluding hydrogens is 625 g/mol. The summed E-state index contributed by atoms with van der Waals surface area (Å²) in [7, 11) is 0. The van der Waals surface area contributed by atoms with E-state index in [-0.39, 0.29) is 5.41 Å². The van der Waals surface area contributed by atoms with Crippen LogP contribution in [0.15, 0.2) is 164 Å². The van der Waals surface area contributed by atoms with Crippen molar-refractivity contribution in [3.63, 3.8) is 0 Å². The van der Waals surface area contributed by atoms with Crippen molar-refractivity contribution in [3.05, 3.63) is 169 Å². The van der Waals surface area contributed by atoms with Gasteiger partial charge in [0.1, 0.15) is 0 Å². The highest BCUT2D eigenvalue weighted by Gasteiger charge is 2.31. The molecule has 52 heavy (non-hydrogen) atoms. The molecule has 0 aliphatic heterocycles. The zero-order chi connectivity index (χ0) is 34.7. The molecule has 9 aromatic carbocycles. The highest BCUT2D eigenvalue weighted by atomic mass is 14.3. The molecule has 244 valence electrons. The molecule has 0 radical (unpaired) electrons. The van der Waals surface area contributed by atoms with Gasteiger partial charge in [0, 0.05) is 0 Å². The van der Waals surface area contributed by atoms with E-state index in [1.54, 1.807) is 0 Å². The SMILES string of the molecule is CC(C)(C)c1cc2c3c(ccc(-c4ccc5c(-c6ccccc6)c6c(c(-c7ccccc7)c5c4)-c4cccc5cccc-6c45)c3c1)-c1ccccc1-2. The van der Waals surface area contributed by atoms with Crippen molar-refractivity contribution in [1.29, 1.82) is 0 Å². The van der Waals surface area contributed by atoms with E-state index in [1.807, 2.05) is 0 Å². The Hall–Kier alpha value is -6.24.